The zero-order valence-corrected chi connectivity index (χ0v) is 5.70. The van der Waals surface area contributed by atoms with Gasteiger partial charge in [0.15, 0.2) is 0 Å². The van der Waals surface area contributed by atoms with Crippen LogP contribution in [0.2, 0.25) is 0 Å². The maximum absolute atomic E-state index is 9.13. The molecule has 0 amide bonds. The number of nitrogens with zero attached hydrogens (tertiary/aromatic N) is 1. The Labute approximate surface area is 63.8 Å². The van der Waals surface area contributed by atoms with E-state index in [-0.39, 0.29) is 11.4 Å². The van der Waals surface area contributed by atoms with Gasteiger partial charge in [0.25, 0.3) is 0 Å². The van der Waals surface area contributed by atoms with Crippen LogP contribution in [0.25, 0.3) is 0 Å². The molecule has 0 saturated carbocycles. The van der Waals surface area contributed by atoms with Crippen LogP contribution < -0.4 is 11.3 Å². The number of phenols is 1. The summed E-state index contributed by atoms with van der Waals surface area (Å²) in [7, 11) is 0. The first-order chi connectivity index (χ1) is 5.29. The molecule has 0 aliphatic rings. The molecule has 0 aliphatic heterocycles. The number of hydrogen-bond acceptors (Lipinski definition) is 4. The Morgan fingerprint density at radius 2 is 2.27 bits per heavy atom. The summed E-state index contributed by atoms with van der Waals surface area (Å²) >= 11 is 0. The van der Waals surface area contributed by atoms with Gasteiger partial charge < -0.3 is 10.5 Å². The number of nitriles is 1. The van der Waals surface area contributed by atoms with Gasteiger partial charge in [-0.25, -0.2) is 0 Å². The summed E-state index contributed by atoms with van der Waals surface area (Å²) in [6.07, 6.45) is 0. The number of anilines is 1. The third-order valence-corrected chi connectivity index (χ3v) is 1.31. The van der Waals surface area contributed by atoms with E-state index in [0.717, 1.165) is 0 Å². The second-order valence-corrected chi connectivity index (χ2v) is 1.96. The Balaban J connectivity index is 3.27. The average Bonchev–Trinajstić information content (AvgIpc) is 2.04. The van der Waals surface area contributed by atoms with Crippen LogP contribution in [-0.2, 0) is 0 Å². The third kappa shape index (κ3) is 1.23. The van der Waals surface area contributed by atoms with Crippen molar-refractivity contribution < 1.29 is 5.11 Å². The molecule has 0 heterocycles. The molecule has 0 aliphatic carbocycles. The van der Waals surface area contributed by atoms with E-state index < -0.39 is 0 Å². The van der Waals surface area contributed by atoms with Gasteiger partial charge in [-0.15, -0.1) is 0 Å². The summed E-state index contributed by atoms with van der Waals surface area (Å²) < 4.78 is 0. The van der Waals surface area contributed by atoms with Crippen LogP contribution >= 0.6 is 0 Å². The molecule has 11 heavy (non-hydrogen) atoms. The molecule has 0 unspecified atom stereocenters. The molecule has 0 spiro atoms. The largest absolute Gasteiger partial charge is 0.506 e. The first-order valence-electron chi connectivity index (χ1n) is 2.98. The van der Waals surface area contributed by atoms with Crippen LogP contribution in [0.5, 0.6) is 5.75 Å². The number of nitrogen functional groups attached to an aromatic ring is 1. The molecular weight excluding hydrogens is 142 g/mol. The van der Waals surface area contributed by atoms with Gasteiger partial charge in [-0.1, -0.05) is 6.07 Å². The molecule has 4 N–H and O–H groups in total. The predicted molar refractivity (Wildman–Crippen MR) is 40.6 cm³/mol. The standard InChI is InChI=1S/C7H7N3O/c8-4-5-2-1-3-6(11)7(5)10-9/h1-3,10-11H,9H2. The van der Waals surface area contributed by atoms with Gasteiger partial charge in [-0.2, -0.15) is 5.26 Å². The summed E-state index contributed by atoms with van der Waals surface area (Å²) in [5, 5.41) is 17.6. The fourth-order valence-electron chi connectivity index (χ4n) is 0.785. The normalized spacial score (nSPS) is 8.73. The van der Waals surface area contributed by atoms with Gasteiger partial charge >= 0.3 is 0 Å². The first-order valence-corrected chi connectivity index (χ1v) is 2.98. The Bertz CT molecular complexity index is 303. The van der Waals surface area contributed by atoms with Crippen LogP contribution in [0.3, 0.4) is 0 Å². The van der Waals surface area contributed by atoms with Crippen LogP contribution in [0, 0.1) is 11.3 Å². The van der Waals surface area contributed by atoms with E-state index in [2.05, 4.69) is 5.43 Å². The van der Waals surface area contributed by atoms with E-state index >= 15 is 0 Å². The lowest BCUT2D eigenvalue weighted by Gasteiger charge is -2.03. The van der Waals surface area contributed by atoms with E-state index in [1.807, 2.05) is 6.07 Å². The van der Waals surface area contributed by atoms with Crippen LogP contribution in [0.4, 0.5) is 5.69 Å². The molecule has 4 heteroatoms. The number of nitrogens with two attached hydrogens (primary N) is 1. The Morgan fingerprint density at radius 1 is 1.55 bits per heavy atom. The van der Waals surface area contributed by atoms with E-state index in [0.29, 0.717) is 5.56 Å². The monoisotopic (exact) mass is 149 g/mol. The van der Waals surface area contributed by atoms with Crippen molar-refractivity contribution in [3.63, 3.8) is 0 Å². The van der Waals surface area contributed by atoms with Gasteiger partial charge in [-0.3, -0.25) is 5.84 Å². The number of hydrogen-bond donors (Lipinski definition) is 3. The van der Waals surface area contributed by atoms with Crippen LogP contribution in [-0.4, -0.2) is 5.11 Å². The molecule has 56 valence electrons. The molecule has 4 nitrogen and oxygen atoms in total. The number of benzene rings is 1. The summed E-state index contributed by atoms with van der Waals surface area (Å²) in [6.45, 7) is 0. The zero-order valence-electron chi connectivity index (χ0n) is 5.70. The molecule has 0 fully saturated rings. The highest BCUT2D eigenvalue weighted by Crippen LogP contribution is 2.24. The summed E-state index contributed by atoms with van der Waals surface area (Å²) in [5.41, 5.74) is 2.83. The average molecular weight is 149 g/mol. The Kier molecular flexibility index (Phi) is 1.95. The van der Waals surface area contributed by atoms with Crippen LogP contribution in [0.1, 0.15) is 5.56 Å². The zero-order chi connectivity index (χ0) is 8.27. The maximum Gasteiger partial charge on any atom is 0.141 e. The van der Waals surface area contributed by atoms with Crippen molar-refractivity contribution in [1.29, 1.82) is 5.26 Å². The minimum Gasteiger partial charge on any atom is -0.506 e. The molecule has 0 aromatic heterocycles. The molecule has 0 bridgehead atoms. The number of aromatic hydroxyl groups is 1. The van der Waals surface area contributed by atoms with Gasteiger partial charge in [0, 0.05) is 0 Å². The first kappa shape index (κ1) is 7.38. The number of hydrazine groups is 1. The van der Waals surface area contributed by atoms with Crippen LogP contribution in [0.15, 0.2) is 18.2 Å². The Hall–Kier alpha value is -1.73. The second-order valence-electron chi connectivity index (χ2n) is 1.96. The van der Waals surface area contributed by atoms with Crippen molar-refractivity contribution in [2.24, 2.45) is 5.84 Å². The SMILES string of the molecule is N#Cc1cccc(O)c1NN. The van der Waals surface area contributed by atoms with Crippen molar-refractivity contribution in [2.45, 2.75) is 0 Å². The van der Waals surface area contributed by atoms with E-state index in [1.165, 1.54) is 6.07 Å². The highest BCUT2D eigenvalue weighted by molar-refractivity contribution is 5.64. The third-order valence-electron chi connectivity index (χ3n) is 1.31. The van der Waals surface area contributed by atoms with Gasteiger partial charge in [0.1, 0.15) is 17.5 Å². The quantitative estimate of drug-likeness (QED) is 0.309. The van der Waals surface area contributed by atoms with E-state index in [1.54, 1.807) is 12.1 Å². The topological polar surface area (TPSA) is 82.1 Å². The second kappa shape index (κ2) is 2.90. The van der Waals surface area contributed by atoms with Crippen molar-refractivity contribution in [2.75, 3.05) is 5.43 Å². The smallest absolute Gasteiger partial charge is 0.141 e. The fourth-order valence-corrected chi connectivity index (χ4v) is 0.785. The fraction of sp³-hybridized carbons (Fsp3) is 0. The molecule has 1 aromatic rings. The molecule has 0 radical (unpaired) electrons. The minimum absolute atomic E-state index is 0.0217. The lowest BCUT2D eigenvalue weighted by Crippen LogP contribution is -2.08. The number of nitrogens with one attached hydrogen (secondary N) is 1. The summed E-state index contributed by atoms with van der Waals surface area (Å²) in [6, 6.07) is 6.48. The lowest BCUT2D eigenvalue weighted by molar-refractivity contribution is 0.477. The predicted octanol–water partition coefficient (Wildman–Crippen LogP) is 0.549. The minimum atomic E-state index is -0.0217. The van der Waals surface area contributed by atoms with E-state index in [4.69, 9.17) is 16.2 Å². The highest BCUT2D eigenvalue weighted by atomic mass is 16.3. The molecule has 1 rings (SSSR count). The van der Waals surface area contributed by atoms with E-state index in [9.17, 15) is 0 Å². The number of rotatable bonds is 1. The van der Waals surface area contributed by atoms with Gasteiger partial charge in [-0.05, 0) is 12.1 Å². The molecule has 0 atom stereocenters. The van der Waals surface area contributed by atoms with Gasteiger partial charge in [0.2, 0.25) is 0 Å². The highest BCUT2D eigenvalue weighted by Gasteiger charge is 2.03. The molecule has 0 saturated heterocycles. The van der Waals surface area contributed by atoms with Crippen molar-refractivity contribution in [1.82, 2.24) is 0 Å². The van der Waals surface area contributed by atoms with Crippen molar-refractivity contribution in [3.05, 3.63) is 23.8 Å². The molecule has 1 aromatic carbocycles. The lowest BCUT2D eigenvalue weighted by atomic mass is 10.2. The summed E-state index contributed by atoms with van der Waals surface area (Å²) in [5.74, 6) is 5.04. The van der Waals surface area contributed by atoms with Crippen molar-refractivity contribution in [3.8, 4) is 11.8 Å². The summed E-state index contributed by atoms with van der Waals surface area (Å²) in [4.78, 5) is 0. The Morgan fingerprint density at radius 3 is 2.73 bits per heavy atom. The van der Waals surface area contributed by atoms with Gasteiger partial charge in [0.05, 0.1) is 5.56 Å². The maximum atomic E-state index is 9.13. The number of para-hydroxylation sites is 1. The number of phenolic OH excluding ortho intramolecular Hbond substituents is 1. The van der Waals surface area contributed by atoms with Crippen molar-refractivity contribution >= 4 is 5.69 Å². The molecular formula is C7H7N3O.